The van der Waals surface area contributed by atoms with Gasteiger partial charge in [0.1, 0.15) is 17.2 Å². The Morgan fingerprint density at radius 2 is 2.25 bits per heavy atom. The predicted octanol–water partition coefficient (Wildman–Crippen LogP) is 0.883. The molecule has 0 radical (unpaired) electrons. The Morgan fingerprint density at radius 1 is 1.56 bits per heavy atom. The largest absolute Gasteiger partial charge is 0.860 e. The summed E-state index contributed by atoms with van der Waals surface area (Å²) < 4.78 is 3.98. The van der Waals surface area contributed by atoms with Crippen LogP contribution in [0.25, 0.3) is 0 Å². The molecule has 0 aliphatic carbocycles. The minimum atomic E-state index is -1.03. The Kier molecular flexibility index (Phi) is 8.13. The minimum absolute atomic E-state index is 0. The van der Waals surface area contributed by atoms with Crippen LogP contribution in [0.5, 0.6) is 0 Å². The summed E-state index contributed by atoms with van der Waals surface area (Å²) in [4.78, 5) is 2.69. The van der Waals surface area contributed by atoms with Gasteiger partial charge in [0.05, 0.1) is 13.6 Å². The van der Waals surface area contributed by atoms with Gasteiger partial charge in [-0.25, -0.2) is 9.13 Å². The molecule has 4 nitrogen and oxygen atoms in total. The zero-order chi connectivity index (χ0) is 11.3. The zero-order valence-corrected chi connectivity index (χ0v) is 12.7. The van der Waals surface area contributed by atoms with E-state index in [-0.39, 0.29) is 24.0 Å². The van der Waals surface area contributed by atoms with E-state index in [1.165, 1.54) is 0 Å². The zero-order valence-electron chi connectivity index (χ0n) is 8.84. The molecule has 92 valence electrons. The SMILES string of the molecule is C[n+]1ccn(CCCN=C([O-])C(Cl)Cl)c1.I. The molecule has 16 heavy (non-hydrogen) atoms. The fourth-order valence-electron chi connectivity index (χ4n) is 1.15. The second-order valence-electron chi connectivity index (χ2n) is 3.19. The number of aromatic nitrogens is 2. The van der Waals surface area contributed by atoms with Gasteiger partial charge in [-0.3, -0.25) is 0 Å². The molecule has 1 aromatic heterocycles. The molecule has 0 aromatic carbocycles. The van der Waals surface area contributed by atoms with Crippen LogP contribution in [-0.4, -0.2) is 21.8 Å². The fourth-order valence-corrected chi connectivity index (χ4v) is 1.28. The van der Waals surface area contributed by atoms with Gasteiger partial charge in [-0.2, -0.15) is 0 Å². The quantitative estimate of drug-likeness (QED) is 0.188. The highest BCUT2D eigenvalue weighted by atomic mass is 127. The van der Waals surface area contributed by atoms with E-state index in [1.807, 2.05) is 34.9 Å². The van der Waals surface area contributed by atoms with Gasteiger partial charge >= 0.3 is 0 Å². The highest BCUT2D eigenvalue weighted by molar-refractivity contribution is 14.0. The Morgan fingerprint density at radius 3 is 2.75 bits per heavy atom. The molecular formula is C9H14Cl2IN3O. The molecular weight excluding hydrogens is 364 g/mol. The van der Waals surface area contributed by atoms with Gasteiger partial charge in [-0.1, -0.05) is 23.2 Å². The topological polar surface area (TPSA) is 44.2 Å². The minimum Gasteiger partial charge on any atom is -0.860 e. The van der Waals surface area contributed by atoms with E-state index in [2.05, 4.69) is 4.99 Å². The summed E-state index contributed by atoms with van der Waals surface area (Å²) in [6, 6.07) is 0. The first-order valence-electron chi connectivity index (χ1n) is 4.60. The van der Waals surface area contributed by atoms with Crippen LogP contribution in [0.3, 0.4) is 0 Å². The highest BCUT2D eigenvalue weighted by Gasteiger charge is 1.99. The second-order valence-corrected chi connectivity index (χ2v) is 4.29. The smallest absolute Gasteiger partial charge is 0.243 e. The number of hydrogen-bond acceptors (Lipinski definition) is 2. The maximum Gasteiger partial charge on any atom is 0.243 e. The molecule has 1 rings (SSSR count). The monoisotopic (exact) mass is 377 g/mol. The van der Waals surface area contributed by atoms with Crippen molar-refractivity contribution in [2.24, 2.45) is 12.0 Å². The van der Waals surface area contributed by atoms with Crippen molar-refractivity contribution in [3.63, 3.8) is 0 Å². The van der Waals surface area contributed by atoms with Crippen LogP contribution in [0, 0.1) is 0 Å². The standard InChI is InChI=1S/C9H13Cl2N3O.HI/c1-13-5-6-14(7-13)4-2-3-12-9(15)8(10)11;/h5-8H,2-4H2,1H3;1H. The summed E-state index contributed by atoms with van der Waals surface area (Å²) in [5, 5.41) is 10.9. The van der Waals surface area contributed by atoms with Gasteiger partial charge in [0, 0.05) is 13.0 Å². The number of alkyl halides is 2. The second kappa shape index (κ2) is 8.14. The summed E-state index contributed by atoms with van der Waals surface area (Å²) in [6.45, 7) is 1.28. The van der Waals surface area contributed by atoms with E-state index in [4.69, 9.17) is 23.2 Å². The van der Waals surface area contributed by atoms with E-state index >= 15 is 0 Å². The van der Waals surface area contributed by atoms with Gasteiger partial charge in [0.25, 0.3) is 0 Å². The lowest BCUT2D eigenvalue weighted by atomic mass is 10.4. The Bertz CT molecular complexity index is 341. The van der Waals surface area contributed by atoms with E-state index in [1.54, 1.807) is 0 Å². The first-order chi connectivity index (χ1) is 7.09. The first-order valence-corrected chi connectivity index (χ1v) is 5.47. The lowest BCUT2D eigenvalue weighted by Crippen LogP contribution is -2.25. The number of aryl methyl sites for hydroxylation is 2. The van der Waals surface area contributed by atoms with E-state index < -0.39 is 10.7 Å². The molecule has 0 atom stereocenters. The summed E-state index contributed by atoms with van der Waals surface area (Å²) in [5.41, 5.74) is 0. The Labute approximate surface area is 122 Å². The molecule has 7 heteroatoms. The van der Waals surface area contributed by atoms with Gasteiger partial charge in [-0.05, 0) is 5.90 Å². The van der Waals surface area contributed by atoms with Crippen molar-refractivity contribution in [1.29, 1.82) is 0 Å². The number of hydrogen-bond donors (Lipinski definition) is 0. The summed E-state index contributed by atoms with van der Waals surface area (Å²) in [6.07, 6.45) is 6.68. The van der Waals surface area contributed by atoms with E-state index in [9.17, 15) is 5.11 Å². The number of aliphatic imine (C=N–C) groups is 1. The Balaban J connectivity index is 0.00000225. The van der Waals surface area contributed by atoms with Crippen molar-refractivity contribution >= 4 is 53.1 Å². The third-order valence-electron chi connectivity index (χ3n) is 1.85. The summed E-state index contributed by atoms with van der Waals surface area (Å²) >= 11 is 10.7. The molecule has 0 bridgehead atoms. The Hall–Kier alpha value is -0.0100. The van der Waals surface area contributed by atoms with Gasteiger partial charge in [0.15, 0.2) is 0 Å². The molecule has 0 amide bonds. The molecule has 0 aliphatic heterocycles. The summed E-state index contributed by atoms with van der Waals surface area (Å²) in [7, 11) is 1.95. The van der Waals surface area contributed by atoms with Gasteiger partial charge in [0.2, 0.25) is 6.33 Å². The van der Waals surface area contributed by atoms with Crippen molar-refractivity contribution in [2.75, 3.05) is 6.54 Å². The van der Waals surface area contributed by atoms with Crippen LogP contribution in [0.4, 0.5) is 0 Å². The maximum absolute atomic E-state index is 10.9. The van der Waals surface area contributed by atoms with Gasteiger partial charge < -0.3 is 10.1 Å². The maximum atomic E-state index is 10.9. The molecule has 1 heterocycles. The summed E-state index contributed by atoms with van der Waals surface area (Å²) in [5.74, 6) is -0.462. The molecule has 0 saturated carbocycles. The number of halogens is 3. The first kappa shape index (κ1) is 16.0. The molecule has 0 aliphatic rings. The molecule has 0 unspecified atom stereocenters. The van der Waals surface area contributed by atoms with Crippen molar-refractivity contribution in [1.82, 2.24) is 4.57 Å². The average Bonchev–Trinajstić information content (AvgIpc) is 2.58. The molecule has 0 spiro atoms. The van der Waals surface area contributed by atoms with Crippen molar-refractivity contribution in [3.8, 4) is 0 Å². The van der Waals surface area contributed by atoms with Crippen LogP contribution < -0.4 is 9.67 Å². The lowest BCUT2D eigenvalue weighted by molar-refractivity contribution is -0.671. The molecule has 0 fully saturated rings. The van der Waals surface area contributed by atoms with Crippen LogP contribution in [0.2, 0.25) is 0 Å². The van der Waals surface area contributed by atoms with Crippen LogP contribution in [0.15, 0.2) is 23.7 Å². The predicted molar refractivity (Wildman–Crippen MR) is 73.4 cm³/mol. The molecule has 0 N–H and O–H groups in total. The highest BCUT2D eigenvalue weighted by Crippen LogP contribution is 2.00. The van der Waals surface area contributed by atoms with Crippen LogP contribution >= 0.6 is 47.2 Å². The normalized spacial score (nSPS) is 11.6. The number of imidazole rings is 1. The van der Waals surface area contributed by atoms with Crippen molar-refractivity contribution < 1.29 is 9.67 Å². The molecule has 1 aromatic rings. The third-order valence-corrected chi connectivity index (χ3v) is 2.23. The van der Waals surface area contributed by atoms with Crippen LogP contribution in [0.1, 0.15) is 6.42 Å². The molecule has 0 saturated heterocycles. The number of rotatable bonds is 5. The lowest BCUT2D eigenvalue weighted by Gasteiger charge is -2.09. The van der Waals surface area contributed by atoms with Gasteiger partial charge in [-0.15, -0.1) is 24.0 Å². The van der Waals surface area contributed by atoms with E-state index in [0.29, 0.717) is 6.54 Å². The van der Waals surface area contributed by atoms with Crippen molar-refractivity contribution in [2.45, 2.75) is 17.8 Å². The van der Waals surface area contributed by atoms with Crippen molar-refractivity contribution in [3.05, 3.63) is 18.7 Å². The van der Waals surface area contributed by atoms with E-state index in [0.717, 1.165) is 13.0 Å². The van der Waals surface area contributed by atoms with Crippen LogP contribution in [-0.2, 0) is 13.6 Å². The average molecular weight is 378 g/mol. The number of nitrogens with zero attached hydrogens (tertiary/aromatic N) is 3. The fraction of sp³-hybridized carbons (Fsp3) is 0.556. The third kappa shape index (κ3) is 5.91.